The monoisotopic (exact) mass is 297 g/mol. The summed E-state index contributed by atoms with van der Waals surface area (Å²) in [6.45, 7) is -0.378. The number of rotatable bonds is 3. The van der Waals surface area contributed by atoms with E-state index in [2.05, 4.69) is 16.6 Å². The van der Waals surface area contributed by atoms with Gasteiger partial charge in [-0.25, -0.2) is 12.8 Å². The summed E-state index contributed by atoms with van der Waals surface area (Å²) in [7, 11) is -3.43. The first-order chi connectivity index (χ1) is 9.53. The van der Waals surface area contributed by atoms with Crippen molar-refractivity contribution in [3.8, 4) is 11.8 Å². The Labute approximate surface area is 118 Å². The zero-order chi connectivity index (χ0) is 14.6. The Morgan fingerprint density at radius 2 is 2.05 bits per heavy atom. The molecule has 1 fully saturated rings. The van der Waals surface area contributed by atoms with Crippen LogP contribution in [0.25, 0.3) is 0 Å². The molecule has 6 heteroatoms. The molecule has 0 unspecified atom stereocenters. The third-order valence-corrected chi connectivity index (χ3v) is 5.14. The minimum absolute atomic E-state index is 0.0608. The van der Waals surface area contributed by atoms with Crippen LogP contribution in [0.4, 0.5) is 10.1 Å². The first kappa shape index (κ1) is 14.8. The van der Waals surface area contributed by atoms with Crippen LogP contribution < -0.4 is 4.72 Å². The Hall–Kier alpha value is -1.58. The van der Waals surface area contributed by atoms with Gasteiger partial charge in [0.25, 0.3) is 0 Å². The standard InChI is InChI=1S/C14H16FNO3S/c15-14-8-7-12(10-11(14)4-3-9-17)16-20(18,19)13-5-1-2-6-13/h7-8,10,13,16-17H,1-2,5-6,9H2. The lowest BCUT2D eigenvalue weighted by Gasteiger charge is -2.13. The first-order valence-electron chi connectivity index (χ1n) is 6.44. The van der Waals surface area contributed by atoms with E-state index in [0.29, 0.717) is 18.5 Å². The maximum absolute atomic E-state index is 13.5. The van der Waals surface area contributed by atoms with Crippen LogP contribution in [0.3, 0.4) is 0 Å². The van der Waals surface area contributed by atoms with Gasteiger partial charge in [0.15, 0.2) is 0 Å². The Morgan fingerprint density at radius 1 is 1.35 bits per heavy atom. The summed E-state index contributed by atoms with van der Waals surface area (Å²) in [4.78, 5) is 0. The molecule has 2 rings (SSSR count). The predicted octanol–water partition coefficient (Wildman–Crippen LogP) is 1.85. The van der Waals surface area contributed by atoms with Crippen LogP contribution in [0.15, 0.2) is 18.2 Å². The summed E-state index contributed by atoms with van der Waals surface area (Å²) in [5, 5.41) is 8.23. The fraction of sp³-hybridized carbons (Fsp3) is 0.429. The number of hydrogen-bond donors (Lipinski definition) is 2. The second kappa shape index (κ2) is 6.25. The highest BCUT2D eigenvalue weighted by atomic mass is 32.2. The quantitative estimate of drug-likeness (QED) is 0.837. The highest BCUT2D eigenvalue weighted by molar-refractivity contribution is 7.93. The molecule has 1 aromatic rings. The topological polar surface area (TPSA) is 66.4 Å². The Bertz CT molecular complexity index is 640. The van der Waals surface area contributed by atoms with E-state index in [4.69, 9.17) is 5.11 Å². The Kier molecular flexibility index (Phi) is 4.63. The van der Waals surface area contributed by atoms with Gasteiger partial charge >= 0.3 is 0 Å². The number of aliphatic hydroxyl groups excluding tert-OH is 1. The van der Waals surface area contributed by atoms with Crippen LogP contribution >= 0.6 is 0 Å². The molecule has 0 heterocycles. The van der Waals surface area contributed by atoms with Crippen molar-refractivity contribution in [2.24, 2.45) is 0 Å². The second-order valence-corrected chi connectivity index (χ2v) is 6.67. The lowest BCUT2D eigenvalue weighted by molar-refractivity contribution is 0.350. The molecule has 0 saturated heterocycles. The van der Waals surface area contributed by atoms with Crippen molar-refractivity contribution in [3.63, 3.8) is 0 Å². The van der Waals surface area contributed by atoms with Gasteiger partial charge in [-0.1, -0.05) is 24.7 Å². The van der Waals surface area contributed by atoms with Gasteiger partial charge in [-0.3, -0.25) is 4.72 Å². The Balaban J connectivity index is 2.21. The van der Waals surface area contributed by atoms with E-state index in [9.17, 15) is 12.8 Å². The van der Waals surface area contributed by atoms with Gasteiger partial charge in [0.05, 0.1) is 10.8 Å². The average molecular weight is 297 g/mol. The normalized spacial score (nSPS) is 15.7. The number of nitrogens with one attached hydrogen (secondary N) is 1. The summed E-state index contributed by atoms with van der Waals surface area (Å²) in [6, 6.07) is 3.87. The van der Waals surface area contributed by atoms with Crippen molar-refractivity contribution in [1.82, 2.24) is 0 Å². The molecular formula is C14H16FNO3S. The molecule has 0 aromatic heterocycles. The fourth-order valence-corrected chi connectivity index (χ4v) is 3.84. The van der Waals surface area contributed by atoms with E-state index < -0.39 is 15.8 Å². The van der Waals surface area contributed by atoms with Crippen LogP contribution in [0.5, 0.6) is 0 Å². The molecule has 0 aliphatic heterocycles. The van der Waals surface area contributed by atoms with Crippen LogP contribution in [-0.4, -0.2) is 25.4 Å². The van der Waals surface area contributed by atoms with Gasteiger partial charge in [0.2, 0.25) is 10.0 Å². The van der Waals surface area contributed by atoms with Crippen LogP contribution in [0.1, 0.15) is 31.2 Å². The van der Waals surface area contributed by atoms with Crippen LogP contribution in [0, 0.1) is 17.7 Å². The average Bonchev–Trinajstić information content (AvgIpc) is 2.94. The van der Waals surface area contributed by atoms with E-state index >= 15 is 0 Å². The number of benzene rings is 1. The summed E-state index contributed by atoms with van der Waals surface area (Å²) in [5.41, 5.74) is 0.353. The van der Waals surface area contributed by atoms with Crippen molar-refractivity contribution < 1.29 is 17.9 Å². The lowest BCUT2D eigenvalue weighted by Crippen LogP contribution is -2.25. The zero-order valence-corrected chi connectivity index (χ0v) is 11.7. The maximum atomic E-state index is 13.5. The van der Waals surface area contributed by atoms with Crippen molar-refractivity contribution >= 4 is 15.7 Å². The molecule has 1 aliphatic rings. The molecule has 0 atom stereocenters. The molecule has 1 saturated carbocycles. The molecule has 1 aromatic carbocycles. The minimum Gasteiger partial charge on any atom is -0.384 e. The fourth-order valence-electron chi connectivity index (χ4n) is 2.27. The van der Waals surface area contributed by atoms with Crippen molar-refractivity contribution in [2.75, 3.05) is 11.3 Å². The second-order valence-electron chi connectivity index (χ2n) is 4.71. The summed E-state index contributed by atoms with van der Waals surface area (Å²) in [6.07, 6.45) is 3.16. The molecule has 0 bridgehead atoms. The van der Waals surface area contributed by atoms with E-state index in [1.807, 2.05) is 0 Å². The van der Waals surface area contributed by atoms with Crippen molar-refractivity contribution in [1.29, 1.82) is 0 Å². The SMILES string of the molecule is O=S(=O)(Nc1ccc(F)c(C#CCO)c1)C1CCCC1. The van der Waals surface area contributed by atoms with Gasteiger partial charge < -0.3 is 5.11 Å². The summed E-state index contributed by atoms with van der Waals surface area (Å²) in [5.74, 6) is 4.24. The third kappa shape index (κ3) is 3.50. The summed E-state index contributed by atoms with van der Waals surface area (Å²) >= 11 is 0. The van der Waals surface area contributed by atoms with Gasteiger partial charge in [0, 0.05) is 5.69 Å². The lowest BCUT2D eigenvalue weighted by atomic mass is 10.2. The van der Waals surface area contributed by atoms with Gasteiger partial charge in [-0.05, 0) is 31.0 Å². The minimum atomic E-state index is -3.43. The molecule has 0 spiro atoms. The largest absolute Gasteiger partial charge is 0.384 e. The predicted molar refractivity (Wildman–Crippen MR) is 75.2 cm³/mol. The Morgan fingerprint density at radius 3 is 2.70 bits per heavy atom. The number of aliphatic hydroxyl groups is 1. The molecular weight excluding hydrogens is 281 g/mol. The van der Waals surface area contributed by atoms with E-state index in [1.54, 1.807) is 0 Å². The summed E-state index contributed by atoms with van der Waals surface area (Å²) < 4.78 is 40.2. The number of anilines is 1. The third-order valence-electron chi connectivity index (χ3n) is 3.27. The molecule has 108 valence electrons. The molecule has 0 amide bonds. The zero-order valence-electron chi connectivity index (χ0n) is 10.9. The number of hydrogen-bond acceptors (Lipinski definition) is 3. The van der Waals surface area contributed by atoms with E-state index in [1.165, 1.54) is 12.1 Å². The van der Waals surface area contributed by atoms with Crippen LogP contribution in [-0.2, 0) is 10.0 Å². The highest BCUT2D eigenvalue weighted by Crippen LogP contribution is 2.26. The molecule has 0 radical (unpaired) electrons. The van der Waals surface area contributed by atoms with Gasteiger partial charge in [-0.2, -0.15) is 0 Å². The van der Waals surface area contributed by atoms with E-state index in [-0.39, 0.29) is 17.4 Å². The number of sulfonamides is 1. The maximum Gasteiger partial charge on any atom is 0.235 e. The number of halogens is 1. The van der Waals surface area contributed by atoms with E-state index in [0.717, 1.165) is 18.9 Å². The van der Waals surface area contributed by atoms with Crippen molar-refractivity contribution in [3.05, 3.63) is 29.6 Å². The van der Waals surface area contributed by atoms with Gasteiger partial charge in [-0.15, -0.1) is 0 Å². The molecule has 20 heavy (non-hydrogen) atoms. The molecule has 2 N–H and O–H groups in total. The highest BCUT2D eigenvalue weighted by Gasteiger charge is 2.28. The van der Waals surface area contributed by atoms with Crippen molar-refractivity contribution in [2.45, 2.75) is 30.9 Å². The smallest absolute Gasteiger partial charge is 0.235 e. The first-order valence-corrected chi connectivity index (χ1v) is 7.98. The van der Waals surface area contributed by atoms with Gasteiger partial charge in [0.1, 0.15) is 12.4 Å². The van der Waals surface area contributed by atoms with Crippen LogP contribution in [0.2, 0.25) is 0 Å². The molecule has 4 nitrogen and oxygen atoms in total. The molecule has 1 aliphatic carbocycles.